The zero-order valence-corrected chi connectivity index (χ0v) is 10.1. The first kappa shape index (κ1) is 12.5. The van der Waals surface area contributed by atoms with Gasteiger partial charge in [-0.3, -0.25) is 4.57 Å². The number of hydrogen-bond donors (Lipinski definition) is 3. The van der Waals surface area contributed by atoms with Crippen molar-refractivity contribution in [1.82, 2.24) is 9.55 Å². The highest BCUT2D eigenvalue weighted by Crippen LogP contribution is 2.47. The molecule has 3 heterocycles. The number of aromatic nitrogens is 2. The summed E-state index contributed by atoms with van der Waals surface area (Å²) in [6, 6.07) is 1.47. The van der Waals surface area contributed by atoms with Crippen LogP contribution in [0.25, 0.3) is 0 Å². The molecule has 8 nitrogen and oxygen atoms in total. The summed E-state index contributed by atoms with van der Waals surface area (Å²) in [7, 11) is 0. The minimum atomic E-state index is -0.991. The Bertz CT molecular complexity index is 541. The van der Waals surface area contributed by atoms with Gasteiger partial charge in [0.25, 0.3) is 0 Å². The number of nitrogen functional groups attached to an aromatic ring is 1. The van der Waals surface area contributed by atoms with Gasteiger partial charge in [0.15, 0.2) is 6.23 Å². The number of anilines is 1. The minimum Gasteiger partial charge on any atom is -0.394 e. The Morgan fingerprint density at radius 3 is 2.89 bits per heavy atom. The van der Waals surface area contributed by atoms with E-state index in [1.165, 1.54) is 16.8 Å². The number of rotatable bonds is 2. The van der Waals surface area contributed by atoms with Crippen molar-refractivity contribution in [2.24, 2.45) is 0 Å². The van der Waals surface area contributed by atoms with E-state index >= 15 is 0 Å². The Morgan fingerprint density at radius 1 is 1.63 bits per heavy atom. The lowest BCUT2D eigenvalue weighted by Crippen LogP contribution is -2.57. The Kier molecular flexibility index (Phi) is 2.82. The van der Waals surface area contributed by atoms with Gasteiger partial charge in [0, 0.05) is 12.6 Å². The summed E-state index contributed by atoms with van der Waals surface area (Å²) in [5, 5.41) is 19.4. The molecule has 0 unspecified atom stereocenters. The fourth-order valence-electron chi connectivity index (χ4n) is 2.63. The highest BCUT2D eigenvalue weighted by molar-refractivity contribution is 5.24. The Morgan fingerprint density at radius 2 is 2.37 bits per heavy atom. The second kappa shape index (κ2) is 4.27. The lowest BCUT2D eigenvalue weighted by Gasteiger charge is -2.44. The van der Waals surface area contributed by atoms with Crippen molar-refractivity contribution in [3.63, 3.8) is 0 Å². The van der Waals surface area contributed by atoms with Crippen LogP contribution in [0, 0.1) is 0 Å². The van der Waals surface area contributed by atoms with E-state index in [-0.39, 0.29) is 12.4 Å². The van der Waals surface area contributed by atoms with Gasteiger partial charge in [-0.1, -0.05) is 0 Å². The first-order valence-corrected chi connectivity index (χ1v) is 6.01. The molecule has 2 aliphatic heterocycles. The van der Waals surface area contributed by atoms with Crippen molar-refractivity contribution in [3.05, 3.63) is 22.7 Å². The molecule has 2 aliphatic rings. The average molecular weight is 269 g/mol. The van der Waals surface area contributed by atoms with E-state index in [0.717, 1.165) is 0 Å². The molecule has 0 amide bonds. The van der Waals surface area contributed by atoms with Crippen molar-refractivity contribution in [2.45, 2.75) is 30.5 Å². The van der Waals surface area contributed by atoms with Crippen LogP contribution in [-0.4, -0.2) is 50.8 Å². The number of nitrogens with two attached hydrogens (primary N) is 1. The molecule has 0 radical (unpaired) electrons. The molecule has 0 aliphatic carbocycles. The molecule has 1 spiro atoms. The van der Waals surface area contributed by atoms with Crippen LogP contribution in [-0.2, 0) is 9.47 Å². The maximum atomic E-state index is 11.8. The van der Waals surface area contributed by atoms with Gasteiger partial charge in [-0.05, 0) is 6.07 Å². The molecule has 19 heavy (non-hydrogen) atoms. The highest BCUT2D eigenvalue weighted by Gasteiger charge is 2.61. The molecule has 4 N–H and O–H groups in total. The van der Waals surface area contributed by atoms with E-state index in [2.05, 4.69) is 4.98 Å². The molecular weight excluding hydrogens is 254 g/mol. The average Bonchev–Trinajstić information content (AvgIpc) is 2.62. The molecule has 0 bridgehead atoms. The van der Waals surface area contributed by atoms with Crippen LogP contribution < -0.4 is 11.4 Å². The molecule has 8 heteroatoms. The van der Waals surface area contributed by atoms with E-state index in [0.29, 0.717) is 13.0 Å². The fourth-order valence-corrected chi connectivity index (χ4v) is 2.63. The summed E-state index contributed by atoms with van der Waals surface area (Å²) in [5.74, 6) is 0.113. The lowest BCUT2D eigenvalue weighted by atomic mass is 9.86. The molecule has 0 saturated carbocycles. The molecule has 1 aromatic heterocycles. The normalized spacial score (nSPS) is 37.5. The van der Waals surface area contributed by atoms with Gasteiger partial charge in [-0.15, -0.1) is 0 Å². The molecular formula is C11H15N3O5. The van der Waals surface area contributed by atoms with E-state index in [9.17, 15) is 15.0 Å². The molecule has 4 atom stereocenters. The lowest BCUT2D eigenvalue weighted by molar-refractivity contribution is -0.227. The Labute approximate surface area is 108 Å². The zero-order chi connectivity index (χ0) is 13.6. The third-order valence-corrected chi connectivity index (χ3v) is 3.72. The first-order chi connectivity index (χ1) is 9.08. The van der Waals surface area contributed by atoms with Crippen LogP contribution in [0.2, 0.25) is 0 Å². The van der Waals surface area contributed by atoms with Gasteiger partial charge >= 0.3 is 5.69 Å². The molecule has 1 aromatic rings. The van der Waals surface area contributed by atoms with Crippen molar-refractivity contribution < 1.29 is 19.7 Å². The third kappa shape index (κ3) is 1.68. The van der Waals surface area contributed by atoms with Crippen molar-refractivity contribution in [1.29, 1.82) is 0 Å². The van der Waals surface area contributed by atoms with Gasteiger partial charge in [0.2, 0.25) is 0 Å². The number of nitrogens with zero attached hydrogens (tertiary/aromatic N) is 2. The van der Waals surface area contributed by atoms with Crippen LogP contribution >= 0.6 is 0 Å². The quantitative estimate of drug-likeness (QED) is 0.581. The topological polar surface area (TPSA) is 120 Å². The number of ether oxygens (including phenoxy) is 2. The van der Waals surface area contributed by atoms with E-state index < -0.39 is 29.7 Å². The van der Waals surface area contributed by atoms with Crippen molar-refractivity contribution >= 4 is 5.82 Å². The van der Waals surface area contributed by atoms with Crippen LogP contribution in [0.5, 0.6) is 0 Å². The Hall–Kier alpha value is -1.48. The van der Waals surface area contributed by atoms with Gasteiger partial charge in [-0.25, -0.2) is 4.79 Å². The summed E-state index contributed by atoms with van der Waals surface area (Å²) in [5.41, 5.74) is 3.87. The summed E-state index contributed by atoms with van der Waals surface area (Å²) in [6.07, 6.45) is -0.582. The monoisotopic (exact) mass is 269 g/mol. The van der Waals surface area contributed by atoms with Crippen molar-refractivity contribution in [3.8, 4) is 0 Å². The molecule has 3 rings (SSSR count). The third-order valence-electron chi connectivity index (χ3n) is 3.72. The van der Waals surface area contributed by atoms with Crippen LogP contribution in [0.15, 0.2) is 17.1 Å². The van der Waals surface area contributed by atoms with Crippen molar-refractivity contribution in [2.75, 3.05) is 18.9 Å². The largest absolute Gasteiger partial charge is 0.394 e. The zero-order valence-electron chi connectivity index (χ0n) is 10.1. The summed E-state index contributed by atoms with van der Waals surface area (Å²) in [6.45, 7) is 0.131. The molecule has 2 saturated heterocycles. The van der Waals surface area contributed by atoms with E-state index in [1.807, 2.05) is 0 Å². The van der Waals surface area contributed by atoms with Crippen LogP contribution in [0.1, 0.15) is 12.6 Å². The Balaban J connectivity index is 2.01. The number of hydrogen-bond acceptors (Lipinski definition) is 7. The smallest absolute Gasteiger partial charge is 0.351 e. The summed E-state index contributed by atoms with van der Waals surface area (Å²) < 4.78 is 12.2. The van der Waals surface area contributed by atoms with Crippen LogP contribution in [0.3, 0.4) is 0 Å². The van der Waals surface area contributed by atoms with E-state index in [1.54, 1.807) is 0 Å². The highest BCUT2D eigenvalue weighted by atomic mass is 16.6. The second-order valence-electron chi connectivity index (χ2n) is 4.75. The molecule has 0 aromatic carbocycles. The van der Waals surface area contributed by atoms with Gasteiger partial charge in [0.1, 0.15) is 23.6 Å². The van der Waals surface area contributed by atoms with Crippen LogP contribution in [0.4, 0.5) is 5.82 Å². The summed E-state index contributed by atoms with van der Waals surface area (Å²) >= 11 is 0. The van der Waals surface area contributed by atoms with E-state index in [4.69, 9.17) is 15.2 Å². The fraction of sp³-hybridized carbons (Fsp3) is 0.636. The second-order valence-corrected chi connectivity index (χ2v) is 4.75. The van der Waals surface area contributed by atoms with Gasteiger partial charge in [0.05, 0.1) is 13.2 Å². The first-order valence-electron chi connectivity index (χ1n) is 6.01. The molecule has 2 fully saturated rings. The number of aliphatic hydroxyl groups is 2. The predicted molar refractivity (Wildman–Crippen MR) is 63.2 cm³/mol. The maximum Gasteiger partial charge on any atom is 0.351 e. The van der Waals surface area contributed by atoms with Gasteiger partial charge in [-0.2, -0.15) is 4.98 Å². The summed E-state index contributed by atoms with van der Waals surface area (Å²) in [4.78, 5) is 15.5. The standard InChI is InChI=1S/C11H15N3O5/c12-7-1-3-14(10(17)13-7)9-11(2-4-18-11)8(16)6(5-15)19-9/h1,3,6,8-9,15-16H,2,4-5H2,(H2,12,13,17)/t6-,8-,9-,11-/m1/s1. The maximum absolute atomic E-state index is 11.8. The van der Waals surface area contributed by atoms with Gasteiger partial charge < -0.3 is 25.4 Å². The minimum absolute atomic E-state index is 0.113. The SMILES string of the molecule is Nc1ccn([C@@H]2O[C@H](CO)[C@@H](O)[C@]23CCO3)c(=O)n1. The number of aliphatic hydroxyl groups excluding tert-OH is 2. The molecule has 104 valence electrons. The predicted octanol–water partition coefficient (Wildman–Crippen LogP) is -1.76.